The molecule has 1 aromatic heterocycles. The van der Waals surface area contributed by atoms with Crippen molar-refractivity contribution in [1.29, 1.82) is 0 Å². The average Bonchev–Trinajstić information content (AvgIpc) is 2.99. The van der Waals surface area contributed by atoms with Crippen LogP contribution in [0.25, 0.3) is 0 Å². The number of ether oxygens (including phenoxy) is 1. The molecule has 0 fully saturated rings. The average molecular weight is 291 g/mol. The van der Waals surface area contributed by atoms with Crippen LogP contribution in [0.3, 0.4) is 0 Å². The van der Waals surface area contributed by atoms with E-state index in [9.17, 15) is 4.79 Å². The van der Waals surface area contributed by atoms with Crippen LogP contribution in [0, 0.1) is 0 Å². The fourth-order valence-corrected chi connectivity index (χ4v) is 2.08. The molecule has 1 aromatic carbocycles. The topological polar surface area (TPSA) is 96.9 Å². The van der Waals surface area contributed by atoms with Crippen molar-refractivity contribution < 1.29 is 14.7 Å². The first-order chi connectivity index (χ1) is 9.69. The minimum Gasteiger partial charge on any atom is -0.485 e. The van der Waals surface area contributed by atoms with Crippen molar-refractivity contribution >= 4 is 28.8 Å². The highest BCUT2D eigenvalue weighted by atomic mass is 32.1. The summed E-state index contributed by atoms with van der Waals surface area (Å²) in [6.07, 6.45) is 0. The molecule has 0 aliphatic carbocycles. The standard InChI is InChI=1S/C13H13N3O3S/c14-12(16-18)7-19-11-3-1-2-10(6-11)15-13(17)9-4-5-20-8-9/h1-6,8,18H,7H2,(H2,14,16)(H,15,17). The number of hydrogen-bond acceptors (Lipinski definition) is 5. The van der Waals surface area contributed by atoms with E-state index < -0.39 is 0 Å². The Morgan fingerprint density at radius 3 is 3.00 bits per heavy atom. The number of rotatable bonds is 5. The largest absolute Gasteiger partial charge is 0.485 e. The Bertz CT molecular complexity index is 611. The van der Waals surface area contributed by atoms with E-state index in [-0.39, 0.29) is 18.3 Å². The molecule has 0 atom stereocenters. The summed E-state index contributed by atoms with van der Waals surface area (Å²) in [6.45, 7) is -0.0293. The van der Waals surface area contributed by atoms with Crippen LogP contribution in [0.2, 0.25) is 0 Å². The minimum absolute atomic E-state index is 0.0293. The Hall–Kier alpha value is -2.54. The van der Waals surface area contributed by atoms with Gasteiger partial charge in [-0.1, -0.05) is 11.2 Å². The molecular weight excluding hydrogens is 278 g/mol. The fraction of sp³-hybridized carbons (Fsp3) is 0.0769. The van der Waals surface area contributed by atoms with Crippen LogP contribution < -0.4 is 15.8 Å². The Labute approximate surface area is 119 Å². The molecule has 0 spiro atoms. The summed E-state index contributed by atoms with van der Waals surface area (Å²) in [4.78, 5) is 11.9. The van der Waals surface area contributed by atoms with E-state index in [0.717, 1.165) is 0 Å². The SMILES string of the molecule is N/C(COc1cccc(NC(=O)c2ccsc2)c1)=N\O. The van der Waals surface area contributed by atoms with Crippen molar-refractivity contribution in [2.45, 2.75) is 0 Å². The number of benzene rings is 1. The summed E-state index contributed by atoms with van der Waals surface area (Å²) in [7, 11) is 0. The Kier molecular flexibility index (Phi) is 4.56. The summed E-state index contributed by atoms with van der Waals surface area (Å²) in [5, 5.41) is 17.6. The number of nitrogens with zero attached hydrogens (tertiary/aromatic N) is 1. The first kappa shape index (κ1) is 13.9. The van der Waals surface area contributed by atoms with Crippen LogP contribution in [0.15, 0.2) is 46.2 Å². The summed E-state index contributed by atoms with van der Waals surface area (Å²) >= 11 is 1.46. The van der Waals surface area contributed by atoms with Gasteiger partial charge in [0.15, 0.2) is 5.84 Å². The Morgan fingerprint density at radius 1 is 1.45 bits per heavy atom. The number of amides is 1. The molecule has 7 heteroatoms. The third kappa shape index (κ3) is 3.72. The second kappa shape index (κ2) is 6.58. The lowest BCUT2D eigenvalue weighted by Crippen LogP contribution is -2.20. The van der Waals surface area contributed by atoms with E-state index in [1.54, 1.807) is 35.7 Å². The van der Waals surface area contributed by atoms with E-state index in [1.165, 1.54) is 11.3 Å². The molecule has 1 amide bonds. The lowest BCUT2D eigenvalue weighted by Gasteiger charge is -2.08. The summed E-state index contributed by atoms with van der Waals surface area (Å²) in [5.41, 5.74) is 6.53. The zero-order valence-corrected chi connectivity index (χ0v) is 11.3. The molecule has 20 heavy (non-hydrogen) atoms. The van der Waals surface area contributed by atoms with Gasteiger partial charge >= 0.3 is 0 Å². The Morgan fingerprint density at radius 2 is 2.30 bits per heavy atom. The van der Waals surface area contributed by atoms with Gasteiger partial charge in [0.05, 0.1) is 5.56 Å². The van der Waals surface area contributed by atoms with Gasteiger partial charge in [-0.2, -0.15) is 11.3 Å². The van der Waals surface area contributed by atoms with E-state index >= 15 is 0 Å². The summed E-state index contributed by atoms with van der Waals surface area (Å²) in [6, 6.07) is 8.62. The zero-order valence-electron chi connectivity index (χ0n) is 10.4. The molecule has 0 saturated carbocycles. The Balaban J connectivity index is 2.01. The van der Waals surface area contributed by atoms with Gasteiger partial charge in [-0.05, 0) is 23.6 Å². The predicted octanol–water partition coefficient (Wildman–Crippen LogP) is 2.13. The first-order valence-electron chi connectivity index (χ1n) is 5.72. The molecule has 0 saturated heterocycles. The third-order valence-electron chi connectivity index (χ3n) is 2.39. The van der Waals surface area contributed by atoms with Crippen molar-refractivity contribution in [2.75, 3.05) is 11.9 Å². The van der Waals surface area contributed by atoms with Gasteiger partial charge in [0.2, 0.25) is 0 Å². The first-order valence-corrected chi connectivity index (χ1v) is 6.66. The maximum atomic E-state index is 11.9. The number of oxime groups is 1. The predicted molar refractivity (Wildman–Crippen MR) is 77.6 cm³/mol. The highest BCUT2D eigenvalue weighted by Crippen LogP contribution is 2.18. The molecule has 2 rings (SSSR count). The molecular formula is C13H13N3O3S. The zero-order chi connectivity index (χ0) is 14.4. The molecule has 104 valence electrons. The van der Waals surface area contributed by atoms with Crippen LogP contribution >= 0.6 is 11.3 Å². The smallest absolute Gasteiger partial charge is 0.256 e. The number of carbonyl (C=O) groups is 1. The van der Waals surface area contributed by atoms with Crippen molar-refractivity contribution in [3.8, 4) is 5.75 Å². The van der Waals surface area contributed by atoms with Crippen LogP contribution in [0.1, 0.15) is 10.4 Å². The molecule has 0 radical (unpaired) electrons. The number of thiophene rings is 1. The van der Waals surface area contributed by atoms with E-state index in [1.807, 2.05) is 5.38 Å². The maximum Gasteiger partial charge on any atom is 0.256 e. The molecule has 2 aromatic rings. The minimum atomic E-state index is -0.181. The number of hydrogen-bond donors (Lipinski definition) is 3. The summed E-state index contributed by atoms with van der Waals surface area (Å²) in [5.74, 6) is 0.303. The number of carbonyl (C=O) groups excluding carboxylic acids is 1. The summed E-state index contributed by atoms with van der Waals surface area (Å²) < 4.78 is 5.31. The molecule has 4 N–H and O–H groups in total. The van der Waals surface area contributed by atoms with Gasteiger partial charge in [-0.3, -0.25) is 4.79 Å². The molecule has 6 nitrogen and oxygen atoms in total. The van der Waals surface area contributed by atoms with Gasteiger partial charge in [0.1, 0.15) is 12.4 Å². The normalized spacial score (nSPS) is 11.1. The highest BCUT2D eigenvalue weighted by molar-refractivity contribution is 7.08. The van der Waals surface area contributed by atoms with Crippen molar-refractivity contribution in [3.05, 3.63) is 46.7 Å². The van der Waals surface area contributed by atoms with Crippen molar-refractivity contribution in [1.82, 2.24) is 0 Å². The third-order valence-corrected chi connectivity index (χ3v) is 3.07. The van der Waals surface area contributed by atoms with E-state index in [4.69, 9.17) is 15.7 Å². The highest BCUT2D eigenvalue weighted by Gasteiger charge is 2.06. The molecule has 0 aliphatic heterocycles. The monoisotopic (exact) mass is 291 g/mol. The van der Waals surface area contributed by atoms with Gasteiger partial charge in [-0.25, -0.2) is 0 Å². The second-order valence-electron chi connectivity index (χ2n) is 3.87. The molecule has 1 heterocycles. The van der Waals surface area contributed by atoms with Crippen molar-refractivity contribution in [3.63, 3.8) is 0 Å². The van der Waals surface area contributed by atoms with Crippen molar-refractivity contribution in [2.24, 2.45) is 10.9 Å². The fourth-order valence-electron chi connectivity index (χ4n) is 1.45. The van der Waals surface area contributed by atoms with Gasteiger partial charge in [0, 0.05) is 17.1 Å². The number of anilines is 1. The lowest BCUT2D eigenvalue weighted by atomic mass is 10.2. The van der Waals surface area contributed by atoms with E-state index in [2.05, 4.69) is 10.5 Å². The maximum absolute atomic E-state index is 11.9. The van der Waals surface area contributed by atoms with Crippen LogP contribution in [-0.4, -0.2) is 23.6 Å². The van der Waals surface area contributed by atoms with Gasteiger partial charge in [-0.15, -0.1) is 0 Å². The molecule has 0 unspecified atom stereocenters. The second-order valence-corrected chi connectivity index (χ2v) is 4.65. The molecule has 0 aliphatic rings. The quantitative estimate of drug-likeness (QED) is 0.340. The van der Waals surface area contributed by atoms with Gasteiger partial charge < -0.3 is 21.0 Å². The number of amidine groups is 1. The van der Waals surface area contributed by atoms with Crippen LogP contribution in [0.4, 0.5) is 5.69 Å². The molecule has 0 bridgehead atoms. The van der Waals surface area contributed by atoms with Crippen LogP contribution in [0.5, 0.6) is 5.75 Å². The number of nitrogens with one attached hydrogen (secondary N) is 1. The number of nitrogens with two attached hydrogens (primary N) is 1. The van der Waals surface area contributed by atoms with E-state index in [0.29, 0.717) is 17.0 Å². The lowest BCUT2D eigenvalue weighted by molar-refractivity contribution is 0.102. The van der Waals surface area contributed by atoms with Crippen LogP contribution in [-0.2, 0) is 0 Å². The van der Waals surface area contributed by atoms with Gasteiger partial charge in [0.25, 0.3) is 5.91 Å².